The van der Waals surface area contributed by atoms with Crippen molar-refractivity contribution in [2.24, 2.45) is 16.8 Å². The molecule has 1 amide bonds. The molecule has 138 valence electrons. The first kappa shape index (κ1) is 19.1. The standard InChI is InChI=1S/C19H36N4O/c1-4-15(5-2)16-11-13-23(14-16)19(20-6-3)21-12-7-8-18(24)22-17-9-10-17/h15-17H,4-14H2,1-3H3,(H,20,21)(H,22,24). The molecule has 0 bridgehead atoms. The zero-order valence-corrected chi connectivity index (χ0v) is 15.8. The van der Waals surface area contributed by atoms with E-state index in [1.165, 1.54) is 19.3 Å². The fourth-order valence-electron chi connectivity index (χ4n) is 3.70. The molecule has 1 heterocycles. The first-order valence-electron chi connectivity index (χ1n) is 10.00. The minimum atomic E-state index is 0.188. The van der Waals surface area contributed by atoms with Crippen LogP contribution < -0.4 is 10.6 Å². The van der Waals surface area contributed by atoms with Crippen molar-refractivity contribution in [3.05, 3.63) is 0 Å². The van der Waals surface area contributed by atoms with Crippen LogP contribution in [0.5, 0.6) is 0 Å². The van der Waals surface area contributed by atoms with Crippen LogP contribution in [0, 0.1) is 11.8 Å². The lowest BCUT2D eigenvalue weighted by atomic mass is 9.87. The predicted molar refractivity (Wildman–Crippen MR) is 100 cm³/mol. The highest BCUT2D eigenvalue weighted by Gasteiger charge is 2.29. The number of hydrogen-bond acceptors (Lipinski definition) is 2. The molecular formula is C19H36N4O. The minimum absolute atomic E-state index is 0.188. The largest absolute Gasteiger partial charge is 0.357 e. The predicted octanol–water partition coefficient (Wildman–Crippen LogP) is 2.77. The van der Waals surface area contributed by atoms with Gasteiger partial charge in [0.05, 0.1) is 0 Å². The lowest BCUT2D eigenvalue weighted by molar-refractivity contribution is -0.121. The van der Waals surface area contributed by atoms with Gasteiger partial charge in [-0.2, -0.15) is 0 Å². The monoisotopic (exact) mass is 336 g/mol. The smallest absolute Gasteiger partial charge is 0.220 e. The van der Waals surface area contributed by atoms with E-state index in [9.17, 15) is 4.79 Å². The molecule has 1 saturated carbocycles. The van der Waals surface area contributed by atoms with Gasteiger partial charge in [-0.1, -0.05) is 26.7 Å². The van der Waals surface area contributed by atoms with E-state index >= 15 is 0 Å². The van der Waals surface area contributed by atoms with Crippen molar-refractivity contribution in [2.45, 2.75) is 71.8 Å². The fourth-order valence-corrected chi connectivity index (χ4v) is 3.70. The molecule has 1 saturated heterocycles. The lowest BCUT2D eigenvalue weighted by Gasteiger charge is -2.24. The zero-order chi connectivity index (χ0) is 17.4. The van der Waals surface area contributed by atoms with Gasteiger partial charge in [0.1, 0.15) is 0 Å². The molecule has 2 fully saturated rings. The zero-order valence-electron chi connectivity index (χ0n) is 15.8. The van der Waals surface area contributed by atoms with Crippen molar-refractivity contribution in [3.8, 4) is 0 Å². The third kappa shape index (κ3) is 5.99. The molecule has 0 radical (unpaired) electrons. The number of likely N-dealkylation sites (tertiary alicyclic amines) is 1. The van der Waals surface area contributed by atoms with Crippen LogP contribution in [0.25, 0.3) is 0 Å². The maximum atomic E-state index is 11.7. The van der Waals surface area contributed by atoms with Crippen LogP contribution in [-0.4, -0.2) is 49.0 Å². The maximum absolute atomic E-state index is 11.7. The Hall–Kier alpha value is -1.26. The third-order valence-corrected chi connectivity index (χ3v) is 5.34. The Morgan fingerprint density at radius 3 is 2.58 bits per heavy atom. The first-order valence-corrected chi connectivity index (χ1v) is 10.00. The molecular weight excluding hydrogens is 300 g/mol. The number of carbonyl (C=O) groups is 1. The minimum Gasteiger partial charge on any atom is -0.357 e. The molecule has 2 rings (SSSR count). The lowest BCUT2D eigenvalue weighted by Crippen LogP contribution is -2.40. The highest BCUT2D eigenvalue weighted by Crippen LogP contribution is 2.28. The van der Waals surface area contributed by atoms with Crippen LogP contribution in [-0.2, 0) is 4.79 Å². The van der Waals surface area contributed by atoms with Gasteiger partial charge in [0.25, 0.3) is 0 Å². The summed E-state index contributed by atoms with van der Waals surface area (Å²) in [6, 6.07) is 0.463. The number of carbonyl (C=O) groups excluding carboxylic acids is 1. The molecule has 2 aliphatic rings. The Balaban J connectivity index is 1.76. The Labute approximate surface area is 147 Å². The van der Waals surface area contributed by atoms with E-state index in [0.717, 1.165) is 63.2 Å². The van der Waals surface area contributed by atoms with Crippen molar-refractivity contribution in [1.82, 2.24) is 15.5 Å². The highest BCUT2D eigenvalue weighted by atomic mass is 16.1. The number of amides is 1. The van der Waals surface area contributed by atoms with Gasteiger partial charge in [-0.05, 0) is 44.4 Å². The first-order chi connectivity index (χ1) is 11.7. The van der Waals surface area contributed by atoms with Crippen LogP contribution in [0.15, 0.2) is 4.99 Å². The molecule has 5 heteroatoms. The van der Waals surface area contributed by atoms with Crippen LogP contribution in [0.1, 0.15) is 65.7 Å². The molecule has 1 aliphatic heterocycles. The summed E-state index contributed by atoms with van der Waals surface area (Å²) in [4.78, 5) is 18.9. The van der Waals surface area contributed by atoms with Gasteiger partial charge >= 0.3 is 0 Å². The molecule has 1 unspecified atom stereocenters. The molecule has 1 atom stereocenters. The average Bonchev–Trinajstić information content (AvgIpc) is 3.25. The highest BCUT2D eigenvalue weighted by molar-refractivity contribution is 5.80. The third-order valence-electron chi connectivity index (χ3n) is 5.34. The summed E-state index contributed by atoms with van der Waals surface area (Å²) in [5.74, 6) is 2.86. The van der Waals surface area contributed by atoms with Gasteiger partial charge in [0.15, 0.2) is 5.96 Å². The van der Waals surface area contributed by atoms with Crippen molar-refractivity contribution < 1.29 is 4.79 Å². The quantitative estimate of drug-likeness (QED) is 0.387. The second kappa shape index (κ2) is 9.90. The van der Waals surface area contributed by atoms with E-state index in [-0.39, 0.29) is 5.91 Å². The molecule has 1 aliphatic carbocycles. The van der Waals surface area contributed by atoms with E-state index < -0.39 is 0 Å². The van der Waals surface area contributed by atoms with Crippen LogP contribution in [0.2, 0.25) is 0 Å². The number of guanidine groups is 1. The summed E-state index contributed by atoms with van der Waals surface area (Å²) in [5, 5.41) is 6.47. The van der Waals surface area contributed by atoms with Gasteiger partial charge in [-0.3, -0.25) is 9.79 Å². The van der Waals surface area contributed by atoms with Crippen LogP contribution in [0.4, 0.5) is 0 Å². The summed E-state index contributed by atoms with van der Waals surface area (Å²) in [6.07, 6.45) is 7.56. The molecule has 0 aromatic carbocycles. The van der Waals surface area contributed by atoms with Crippen LogP contribution >= 0.6 is 0 Å². The molecule has 24 heavy (non-hydrogen) atoms. The molecule has 2 N–H and O–H groups in total. The maximum Gasteiger partial charge on any atom is 0.220 e. The van der Waals surface area contributed by atoms with Gasteiger partial charge < -0.3 is 15.5 Å². The summed E-state index contributed by atoms with van der Waals surface area (Å²) in [6.45, 7) is 10.6. The average molecular weight is 337 g/mol. The van der Waals surface area contributed by atoms with Gasteiger partial charge in [-0.25, -0.2) is 0 Å². The Morgan fingerprint density at radius 1 is 1.21 bits per heavy atom. The summed E-state index contributed by atoms with van der Waals surface area (Å²) >= 11 is 0. The van der Waals surface area contributed by atoms with E-state index in [1.54, 1.807) is 0 Å². The summed E-state index contributed by atoms with van der Waals surface area (Å²) in [5.41, 5.74) is 0. The SMILES string of the molecule is CCNC(=NCCCC(=O)NC1CC1)N1CCC(C(CC)CC)C1. The van der Waals surface area contributed by atoms with Gasteiger partial charge in [-0.15, -0.1) is 0 Å². The van der Waals surface area contributed by atoms with Gasteiger partial charge in [0, 0.05) is 38.6 Å². The number of hydrogen-bond donors (Lipinski definition) is 2. The van der Waals surface area contributed by atoms with E-state index in [0.29, 0.717) is 12.5 Å². The Kier molecular flexibility index (Phi) is 7.86. The fraction of sp³-hybridized carbons (Fsp3) is 0.895. The van der Waals surface area contributed by atoms with Crippen molar-refractivity contribution in [2.75, 3.05) is 26.2 Å². The van der Waals surface area contributed by atoms with Crippen molar-refractivity contribution >= 4 is 11.9 Å². The van der Waals surface area contributed by atoms with E-state index in [4.69, 9.17) is 4.99 Å². The number of nitrogens with zero attached hydrogens (tertiary/aromatic N) is 2. The normalized spacial score (nSPS) is 21.4. The second-order valence-corrected chi connectivity index (χ2v) is 7.25. The number of nitrogens with one attached hydrogen (secondary N) is 2. The number of aliphatic imine (C=N–C) groups is 1. The second-order valence-electron chi connectivity index (χ2n) is 7.25. The van der Waals surface area contributed by atoms with Crippen molar-refractivity contribution in [3.63, 3.8) is 0 Å². The van der Waals surface area contributed by atoms with E-state index in [1.807, 2.05) is 0 Å². The number of rotatable bonds is 9. The van der Waals surface area contributed by atoms with Gasteiger partial charge in [0.2, 0.25) is 5.91 Å². The van der Waals surface area contributed by atoms with Crippen molar-refractivity contribution in [1.29, 1.82) is 0 Å². The summed E-state index contributed by atoms with van der Waals surface area (Å²) in [7, 11) is 0. The molecule has 0 spiro atoms. The molecule has 0 aromatic rings. The molecule has 0 aromatic heterocycles. The molecule has 5 nitrogen and oxygen atoms in total. The Morgan fingerprint density at radius 2 is 1.96 bits per heavy atom. The van der Waals surface area contributed by atoms with Crippen LogP contribution in [0.3, 0.4) is 0 Å². The van der Waals surface area contributed by atoms with E-state index in [2.05, 4.69) is 36.3 Å². The topological polar surface area (TPSA) is 56.7 Å². The Bertz CT molecular complexity index is 416. The summed E-state index contributed by atoms with van der Waals surface area (Å²) < 4.78 is 0.